The van der Waals surface area contributed by atoms with E-state index in [4.69, 9.17) is 23.2 Å². The fourth-order valence-corrected chi connectivity index (χ4v) is 2.06. The molecule has 1 aromatic rings. The highest BCUT2D eigenvalue weighted by atomic mass is 35.5. The monoisotopic (exact) mass is 290 g/mol. The van der Waals surface area contributed by atoms with E-state index in [0.717, 1.165) is 0 Å². The van der Waals surface area contributed by atoms with Crippen LogP contribution in [0, 0.1) is 0 Å². The Morgan fingerprint density at radius 3 is 2.22 bits per heavy atom. The van der Waals surface area contributed by atoms with Crippen molar-refractivity contribution >= 4 is 29.1 Å². The molecule has 0 saturated carbocycles. The molecule has 0 aromatic carbocycles. The minimum absolute atomic E-state index is 0.113. The van der Waals surface area contributed by atoms with E-state index < -0.39 is 5.54 Å². The van der Waals surface area contributed by atoms with E-state index in [1.54, 1.807) is 0 Å². The van der Waals surface area contributed by atoms with Crippen molar-refractivity contribution in [2.24, 2.45) is 0 Å². The van der Waals surface area contributed by atoms with Crippen LogP contribution in [0.1, 0.15) is 37.0 Å². The largest absolute Gasteiger partial charge is 0.394 e. The van der Waals surface area contributed by atoms with Crippen LogP contribution in [0.25, 0.3) is 0 Å². The number of rotatable bonds is 5. The lowest BCUT2D eigenvalue weighted by Gasteiger charge is -2.30. The van der Waals surface area contributed by atoms with E-state index >= 15 is 0 Å². The maximum atomic E-state index is 12.1. The van der Waals surface area contributed by atoms with Gasteiger partial charge in [-0.05, 0) is 25.0 Å². The van der Waals surface area contributed by atoms with Crippen molar-refractivity contribution in [1.82, 2.24) is 10.3 Å². The SMILES string of the molecule is CCC(CC)(CO)NC(=O)c1cc(Cl)nc(Cl)c1. The van der Waals surface area contributed by atoms with Gasteiger partial charge in [0.15, 0.2) is 0 Å². The summed E-state index contributed by atoms with van der Waals surface area (Å²) in [7, 11) is 0. The molecule has 0 aliphatic carbocycles. The summed E-state index contributed by atoms with van der Waals surface area (Å²) in [5.41, 5.74) is -0.279. The molecule has 1 amide bonds. The molecule has 0 unspecified atom stereocenters. The number of halogens is 2. The van der Waals surface area contributed by atoms with Gasteiger partial charge in [0.2, 0.25) is 0 Å². The minimum atomic E-state index is -0.612. The quantitative estimate of drug-likeness (QED) is 0.820. The first kappa shape index (κ1) is 15.2. The molecule has 18 heavy (non-hydrogen) atoms. The highest BCUT2D eigenvalue weighted by molar-refractivity contribution is 6.33. The van der Waals surface area contributed by atoms with Crippen LogP contribution in [0.5, 0.6) is 0 Å². The van der Waals surface area contributed by atoms with Crippen LogP contribution >= 0.6 is 23.2 Å². The molecular weight excluding hydrogens is 275 g/mol. The number of amides is 1. The Bertz CT molecular complexity index is 406. The van der Waals surface area contributed by atoms with E-state index in [9.17, 15) is 9.90 Å². The second-order valence-electron chi connectivity index (χ2n) is 4.10. The summed E-state index contributed by atoms with van der Waals surface area (Å²) in [6.45, 7) is 3.71. The van der Waals surface area contributed by atoms with Gasteiger partial charge < -0.3 is 10.4 Å². The Balaban J connectivity index is 2.94. The summed E-state index contributed by atoms with van der Waals surface area (Å²) < 4.78 is 0. The topological polar surface area (TPSA) is 62.2 Å². The molecule has 0 aliphatic rings. The summed E-state index contributed by atoms with van der Waals surface area (Å²) in [6, 6.07) is 2.88. The number of aromatic nitrogens is 1. The molecule has 6 heteroatoms. The highest BCUT2D eigenvalue weighted by Gasteiger charge is 2.27. The van der Waals surface area contributed by atoms with Crippen molar-refractivity contribution in [3.05, 3.63) is 28.0 Å². The number of aliphatic hydroxyl groups excluding tert-OH is 1. The number of pyridine rings is 1. The molecule has 1 aromatic heterocycles. The Morgan fingerprint density at radius 1 is 1.33 bits per heavy atom. The zero-order chi connectivity index (χ0) is 13.8. The van der Waals surface area contributed by atoms with Gasteiger partial charge in [-0.2, -0.15) is 0 Å². The average molecular weight is 291 g/mol. The predicted octanol–water partition coefficient (Wildman–Crippen LogP) is 2.67. The third-order valence-electron chi connectivity index (χ3n) is 3.06. The first-order chi connectivity index (χ1) is 8.46. The van der Waals surface area contributed by atoms with E-state index in [0.29, 0.717) is 18.4 Å². The van der Waals surface area contributed by atoms with Gasteiger partial charge in [-0.3, -0.25) is 4.79 Å². The molecule has 0 saturated heterocycles. The van der Waals surface area contributed by atoms with Gasteiger partial charge in [-0.1, -0.05) is 37.0 Å². The second kappa shape index (κ2) is 6.36. The molecule has 0 aliphatic heterocycles. The lowest BCUT2D eigenvalue weighted by molar-refractivity contribution is 0.0817. The van der Waals surface area contributed by atoms with Crippen molar-refractivity contribution < 1.29 is 9.90 Å². The summed E-state index contributed by atoms with van der Waals surface area (Å²) in [5.74, 6) is -0.320. The van der Waals surface area contributed by atoms with Crippen LogP contribution in [0.15, 0.2) is 12.1 Å². The van der Waals surface area contributed by atoms with Crippen LogP contribution in [-0.4, -0.2) is 28.1 Å². The Labute approximate surface area is 116 Å². The summed E-state index contributed by atoms with van der Waals surface area (Å²) in [4.78, 5) is 15.8. The highest BCUT2D eigenvalue weighted by Crippen LogP contribution is 2.18. The van der Waals surface area contributed by atoms with Crippen LogP contribution in [0.2, 0.25) is 10.3 Å². The predicted molar refractivity (Wildman–Crippen MR) is 72.1 cm³/mol. The molecule has 4 nitrogen and oxygen atoms in total. The van der Waals surface area contributed by atoms with E-state index in [-0.39, 0.29) is 22.8 Å². The van der Waals surface area contributed by atoms with Gasteiger partial charge in [0, 0.05) is 5.56 Å². The van der Waals surface area contributed by atoms with Crippen LogP contribution < -0.4 is 5.32 Å². The normalized spacial score (nSPS) is 11.4. The van der Waals surface area contributed by atoms with Crippen LogP contribution in [0.4, 0.5) is 0 Å². The second-order valence-corrected chi connectivity index (χ2v) is 4.88. The van der Waals surface area contributed by atoms with Gasteiger partial charge in [0.1, 0.15) is 10.3 Å². The Kier molecular flexibility index (Phi) is 5.38. The molecule has 0 fully saturated rings. The van der Waals surface area contributed by atoms with Crippen LogP contribution in [0.3, 0.4) is 0 Å². The van der Waals surface area contributed by atoms with Crippen molar-refractivity contribution in [2.75, 3.05) is 6.61 Å². The van der Waals surface area contributed by atoms with Gasteiger partial charge in [0.25, 0.3) is 5.91 Å². The molecule has 0 atom stereocenters. The summed E-state index contributed by atoms with van der Waals surface area (Å²) >= 11 is 11.5. The Hall–Kier alpha value is -0.840. The summed E-state index contributed by atoms with van der Waals surface area (Å²) in [5, 5.41) is 12.5. The average Bonchev–Trinajstić information content (AvgIpc) is 2.35. The lowest BCUT2D eigenvalue weighted by Crippen LogP contribution is -2.50. The molecule has 0 bridgehead atoms. The van der Waals surface area contributed by atoms with Crippen molar-refractivity contribution in [3.8, 4) is 0 Å². The number of hydrogen-bond acceptors (Lipinski definition) is 3. The Morgan fingerprint density at radius 2 is 1.83 bits per heavy atom. The lowest BCUT2D eigenvalue weighted by atomic mass is 9.93. The molecule has 2 N–H and O–H groups in total. The first-order valence-electron chi connectivity index (χ1n) is 5.73. The molecular formula is C12H16Cl2N2O2. The van der Waals surface area contributed by atoms with Crippen molar-refractivity contribution in [3.63, 3.8) is 0 Å². The number of carbonyl (C=O) groups is 1. The number of carbonyl (C=O) groups excluding carboxylic acids is 1. The standard InChI is InChI=1S/C12H16Cl2N2O2/c1-3-12(4-2,7-17)16-11(18)8-5-9(13)15-10(14)6-8/h5-6,17H,3-4,7H2,1-2H3,(H,16,18). The maximum Gasteiger partial charge on any atom is 0.252 e. The zero-order valence-corrected chi connectivity index (χ0v) is 11.8. The zero-order valence-electron chi connectivity index (χ0n) is 10.3. The van der Waals surface area contributed by atoms with E-state index in [1.165, 1.54) is 12.1 Å². The van der Waals surface area contributed by atoms with Gasteiger partial charge in [-0.25, -0.2) is 4.98 Å². The van der Waals surface area contributed by atoms with E-state index in [2.05, 4.69) is 10.3 Å². The molecule has 1 heterocycles. The van der Waals surface area contributed by atoms with Gasteiger partial charge in [-0.15, -0.1) is 0 Å². The van der Waals surface area contributed by atoms with Crippen molar-refractivity contribution in [2.45, 2.75) is 32.2 Å². The molecule has 1 rings (SSSR count). The maximum absolute atomic E-state index is 12.1. The van der Waals surface area contributed by atoms with Crippen molar-refractivity contribution in [1.29, 1.82) is 0 Å². The fourth-order valence-electron chi connectivity index (χ4n) is 1.60. The third-order valence-corrected chi connectivity index (χ3v) is 3.45. The minimum Gasteiger partial charge on any atom is -0.394 e. The molecule has 100 valence electrons. The number of aliphatic hydroxyl groups is 1. The van der Waals surface area contributed by atoms with Gasteiger partial charge >= 0.3 is 0 Å². The third kappa shape index (κ3) is 3.57. The summed E-state index contributed by atoms with van der Waals surface area (Å²) in [6.07, 6.45) is 1.27. The number of hydrogen-bond donors (Lipinski definition) is 2. The smallest absolute Gasteiger partial charge is 0.252 e. The van der Waals surface area contributed by atoms with Gasteiger partial charge in [0.05, 0.1) is 12.1 Å². The molecule has 0 spiro atoms. The van der Waals surface area contributed by atoms with Crippen LogP contribution in [-0.2, 0) is 0 Å². The van der Waals surface area contributed by atoms with E-state index in [1.807, 2.05) is 13.8 Å². The number of nitrogens with zero attached hydrogens (tertiary/aromatic N) is 1. The molecule has 0 radical (unpaired) electrons. The number of nitrogens with one attached hydrogen (secondary N) is 1. The fraction of sp³-hybridized carbons (Fsp3) is 0.500. The first-order valence-corrected chi connectivity index (χ1v) is 6.48.